The van der Waals surface area contributed by atoms with Crippen LogP contribution in [0, 0.1) is 5.82 Å². The van der Waals surface area contributed by atoms with Crippen LogP contribution in [0.4, 0.5) is 10.1 Å². The first-order valence-corrected chi connectivity index (χ1v) is 6.98. The van der Waals surface area contributed by atoms with Crippen molar-refractivity contribution in [2.45, 2.75) is 44.8 Å². The predicted molar refractivity (Wildman–Crippen MR) is 73.7 cm³/mol. The lowest BCUT2D eigenvalue weighted by Gasteiger charge is -2.31. The Balaban J connectivity index is 2.25. The molecule has 4 heteroatoms. The van der Waals surface area contributed by atoms with Crippen LogP contribution in [0.5, 0.6) is 0 Å². The Labute approximate surface area is 113 Å². The third-order valence-corrected chi connectivity index (χ3v) is 3.87. The molecule has 1 saturated carbocycles. The number of rotatable bonds is 5. The van der Waals surface area contributed by atoms with Gasteiger partial charge in [-0.1, -0.05) is 18.9 Å². The van der Waals surface area contributed by atoms with Gasteiger partial charge in [0.15, 0.2) is 0 Å². The summed E-state index contributed by atoms with van der Waals surface area (Å²) in [6, 6.07) is 5.17. The van der Waals surface area contributed by atoms with E-state index in [1.165, 1.54) is 18.9 Å². The molecule has 1 aliphatic rings. The van der Waals surface area contributed by atoms with Crippen LogP contribution in [0.25, 0.3) is 0 Å². The van der Waals surface area contributed by atoms with Crippen LogP contribution in [0.1, 0.15) is 44.3 Å². The molecule has 0 radical (unpaired) electrons. The molecule has 2 N–H and O–H groups in total. The van der Waals surface area contributed by atoms with E-state index in [-0.39, 0.29) is 12.4 Å². The number of hydrogen-bond acceptors (Lipinski definition) is 3. The van der Waals surface area contributed by atoms with Crippen molar-refractivity contribution in [1.82, 2.24) is 0 Å². The maximum absolute atomic E-state index is 14.2. The highest BCUT2D eigenvalue weighted by molar-refractivity contribution is 5.50. The lowest BCUT2D eigenvalue weighted by atomic mass is 10.1. The fourth-order valence-electron chi connectivity index (χ4n) is 2.84. The van der Waals surface area contributed by atoms with Gasteiger partial charge in [0.25, 0.3) is 0 Å². The number of benzene rings is 1. The third kappa shape index (κ3) is 3.25. The second-order valence-corrected chi connectivity index (χ2v) is 5.24. The summed E-state index contributed by atoms with van der Waals surface area (Å²) in [6.45, 7) is 2.10. The smallest absolute Gasteiger partial charge is 0.146 e. The molecule has 0 saturated heterocycles. The summed E-state index contributed by atoms with van der Waals surface area (Å²) < 4.78 is 14.2. The number of hydrogen-bond donors (Lipinski definition) is 2. The Morgan fingerprint density at radius 3 is 2.58 bits per heavy atom. The number of aliphatic hydroxyl groups is 2. The van der Waals surface area contributed by atoms with E-state index < -0.39 is 6.10 Å². The molecule has 106 valence electrons. The number of anilines is 1. The minimum atomic E-state index is -0.665. The highest BCUT2D eigenvalue weighted by atomic mass is 19.1. The minimum Gasteiger partial charge on any atom is -0.395 e. The topological polar surface area (TPSA) is 43.7 Å². The molecule has 1 unspecified atom stereocenters. The molecule has 3 nitrogen and oxygen atoms in total. The first kappa shape index (κ1) is 14.3. The van der Waals surface area contributed by atoms with E-state index in [2.05, 4.69) is 0 Å². The van der Waals surface area contributed by atoms with Crippen molar-refractivity contribution < 1.29 is 14.6 Å². The van der Waals surface area contributed by atoms with Crippen LogP contribution in [-0.4, -0.2) is 29.4 Å². The highest BCUT2D eigenvalue weighted by Crippen LogP contribution is 2.30. The molecule has 1 fully saturated rings. The average molecular weight is 267 g/mol. The van der Waals surface area contributed by atoms with Gasteiger partial charge in [-0.05, 0) is 37.5 Å². The summed E-state index contributed by atoms with van der Waals surface area (Å²) in [5, 5.41) is 18.7. The Morgan fingerprint density at radius 1 is 1.37 bits per heavy atom. The van der Waals surface area contributed by atoms with Gasteiger partial charge < -0.3 is 15.1 Å². The van der Waals surface area contributed by atoms with Gasteiger partial charge in [0.2, 0.25) is 0 Å². The van der Waals surface area contributed by atoms with Gasteiger partial charge in [0.1, 0.15) is 5.82 Å². The van der Waals surface area contributed by atoms with Crippen LogP contribution < -0.4 is 4.90 Å². The summed E-state index contributed by atoms with van der Waals surface area (Å²) in [7, 11) is 0. The zero-order chi connectivity index (χ0) is 13.8. The monoisotopic (exact) mass is 267 g/mol. The van der Waals surface area contributed by atoms with Crippen molar-refractivity contribution in [2.24, 2.45) is 0 Å². The largest absolute Gasteiger partial charge is 0.395 e. The van der Waals surface area contributed by atoms with Gasteiger partial charge in [-0.25, -0.2) is 4.39 Å². The second-order valence-electron chi connectivity index (χ2n) is 5.24. The molecule has 2 rings (SSSR count). The molecule has 19 heavy (non-hydrogen) atoms. The van der Waals surface area contributed by atoms with Crippen LogP contribution in [0.2, 0.25) is 0 Å². The van der Waals surface area contributed by atoms with Gasteiger partial charge in [-0.3, -0.25) is 0 Å². The number of nitrogens with zero attached hydrogens (tertiary/aromatic N) is 1. The summed E-state index contributed by atoms with van der Waals surface area (Å²) in [5.74, 6) is -0.321. The van der Waals surface area contributed by atoms with Gasteiger partial charge in [0, 0.05) is 12.6 Å². The first-order chi connectivity index (χ1) is 9.13. The number of halogens is 1. The maximum atomic E-state index is 14.2. The fourth-order valence-corrected chi connectivity index (χ4v) is 2.84. The molecule has 1 aromatic rings. The fraction of sp³-hybridized carbons (Fsp3) is 0.600. The summed E-state index contributed by atoms with van der Waals surface area (Å²) >= 11 is 0. The minimum absolute atomic E-state index is 0.0219. The molecule has 1 aliphatic carbocycles. The summed E-state index contributed by atoms with van der Waals surface area (Å²) in [5.41, 5.74) is 1.11. The normalized spacial score (nSPS) is 17.7. The van der Waals surface area contributed by atoms with Crippen molar-refractivity contribution in [3.8, 4) is 0 Å². The van der Waals surface area contributed by atoms with E-state index in [1.807, 2.05) is 4.90 Å². The first-order valence-electron chi connectivity index (χ1n) is 6.98. The van der Waals surface area contributed by atoms with Crippen LogP contribution in [-0.2, 0) is 0 Å². The van der Waals surface area contributed by atoms with E-state index in [0.29, 0.717) is 23.8 Å². The average Bonchev–Trinajstić information content (AvgIpc) is 2.90. The van der Waals surface area contributed by atoms with Gasteiger partial charge in [-0.15, -0.1) is 0 Å². The van der Waals surface area contributed by atoms with Gasteiger partial charge >= 0.3 is 0 Å². The van der Waals surface area contributed by atoms with Crippen molar-refractivity contribution in [3.63, 3.8) is 0 Å². The lowest BCUT2D eigenvalue weighted by molar-refractivity contribution is 0.199. The predicted octanol–water partition coefficient (Wildman–Crippen LogP) is 2.62. The summed E-state index contributed by atoms with van der Waals surface area (Å²) in [6.07, 6.45) is 3.77. The Bertz CT molecular complexity index is 417. The SMILES string of the molecule is CC(O)c1ccc(N(CCO)C2CCCC2)c(F)c1. The molecule has 0 amide bonds. The van der Waals surface area contributed by atoms with Crippen LogP contribution >= 0.6 is 0 Å². The van der Waals surface area contributed by atoms with Crippen LogP contribution in [0.3, 0.4) is 0 Å². The molecule has 1 atom stereocenters. The van der Waals surface area contributed by atoms with E-state index in [4.69, 9.17) is 0 Å². The Kier molecular flexibility index (Phi) is 4.77. The molecular formula is C15H22FNO2. The molecule has 0 aliphatic heterocycles. The molecule has 0 aromatic heterocycles. The van der Waals surface area contributed by atoms with Crippen molar-refractivity contribution in [2.75, 3.05) is 18.1 Å². The van der Waals surface area contributed by atoms with Crippen molar-refractivity contribution in [1.29, 1.82) is 0 Å². The van der Waals surface area contributed by atoms with E-state index in [1.54, 1.807) is 19.1 Å². The number of aliphatic hydroxyl groups excluding tert-OH is 2. The zero-order valence-electron chi connectivity index (χ0n) is 11.3. The quantitative estimate of drug-likeness (QED) is 0.862. The third-order valence-electron chi connectivity index (χ3n) is 3.87. The molecule has 1 aromatic carbocycles. The lowest BCUT2D eigenvalue weighted by Crippen LogP contribution is -2.36. The van der Waals surface area contributed by atoms with E-state index in [0.717, 1.165) is 12.8 Å². The molecular weight excluding hydrogens is 245 g/mol. The van der Waals surface area contributed by atoms with E-state index >= 15 is 0 Å². The molecule has 0 bridgehead atoms. The van der Waals surface area contributed by atoms with Crippen molar-refractivity contribution in [3.05, 3.63) is 29.6 Å². The Hall–Kier alpha value is -1.13. The summed E-state index contributed by atoms with van der Waals surface area (Å²) in [4.78, 5) is 1.97. The van der Waals surface area contributed by atoms with Gasteiger partial charge in [-0.2, -0.15) is 0 Å². The van der Waals surface area contributed by atoms with E-state index in [9.17, 15) is 14.6 Å². The van der Waals surface area contributed by atoms with Crippen molar-refractivity contribution >= 4 is 5.69 Å². The maximum Gasteiger partial charge on any atom is 0.146 e. The standard InChI is InChI=1S/C15H22FNO2/c1-11(19)12-6-7-15(14(16)10-12)17(8-9-18)13-4-2-3-5-13/h6-7,10-11,13,18-19H,2-5,8-9H2,1H3. The molecule has 0 heterocycles. The second kappa shape index (κ2) is 6.35. The zero-order valence-corrected chi connectivity index (χ0v) is 11.3. The molecule has 0 spiro atoms. The van der Waals surface area contributed by atoms with Gasteiger partial charge in [0.05, 0.1) is 18.4 Å². The Morgan fingerprint density at radius 2 is 2.05 bits per heavy atom. The highest BCUT2D eigenvalue weighted by Gasteiger charge is 2.24. The van der Waals surface area contributed by atoms with Crippen LogP contribution in [0.15, 0.2) is 18.2 Å².